The maximum atomic E-state index is 14.5. The largest absolute Gasteiger partial charge is 0.384 e. The first-order valence-electron chi connectivity index (χ1n) is 6.65. The van der Waals surface area contributed by atoms with Gasteiger partial charge in [0.15, 0.2) is 0 Å². The highest BCUT2D eigenvalue weighted by atomic mass is 35.5. The molecule has 0 unspecified atom stereocenters. The maximum absolute atomic E-state index is 14.5. The van der Waals surface area contributed by atoms with E-state index in [1.807, 2.05) is 0 Å². The highest BCUT2D eigenvalue weighted by molar-refractivity contribution is 6.39. The van der Waals surface area contributed by atoms with Crippen molar-refractivity contribution in [1.29, 1.82) is 0 Å². The van der Waals surface area contributed by atoms with E-state index in [-0.39, 0.29) is 0 Å². The van der Waals surface area contributed by atoms with Gasteiger partial charge >= 0.3 is 35.3 Å². The number of alkyl halides is 11. The second-order valence-corrected chi connectivity index (χ2v) is 6.40. The molecule has 0 aromatic heterocycles. The number of halogens is 13. The molecule has 1 aromatic carbocycles. The van der Waals surface area contributed by atoms with Crippen LogP contribution in [0.1, 0.15) is 0 Å². The minimum absolute atomic E-state index is 0.726. The third kappa shape index (κ3) is 2.31. The number of benzene rings is 1. The molecular weight excluding hydrogens is 466 g/mol. The molecular formula is C13H4Cl2F11NO. The van der Waals surface area contributed by atoms with Gasteiger partial charge in [0.1, 0.15) is 0 Å². The molecule has 15 heteroatoms. The summed E-state index contributed by atoms with van der Waals surface area (Å²) in [7, 11) is 0. The molecule has 0 saturated heterocycles. The summed E-state index contributed by atoms with van der Waals surface area (Å²) < 4.78 is 149. The SMILES string of the molecule is O=C(Nc1c(Cl)cccc1Cl)C1(F)C(F)(F)C(F)(F)C(F)(F)C(F)(F)C1(F)F. The Morgan fingerprint density at radius 3 is 1.36 bits per heavy atom. The number of carbonyl (C=O) groups is 1. The first kappa shape index (κ1) is 22.8. The summed E-state index contributed by atoms with van der Waals surface area (Å²) in [6.07, 6.45) is 0. The first-order valence-corrected chi connectivity index (χ1v) is 7.41. The molecule has 1 aromatic rings. The van der Waals surface area contributed by atoms with E-state index in [2.05, 4.69) is 0 Å². The zero-order valence-corrected chi connectivity index (χ0v) is 14.1. The Morgan fingerprint density at radius 1 is 0.679 bits per heavy atom. The fraction of sp³-hybridized carbons (Fsp3) is 0.462. The van der Waals surface area contributed by atoms with E-state index in [1.165, 1.54) is 0 Å². The quantitative estimate of drug-likeness (QED) is 0.542. The van der Waals surface area contributed by atoms with Crippen molar-refractivity contribution >= 4 is 34.8 Å². The summed E-state index contributed by atoms with van der Waals surface area (Å²) in [5, 5.41) is -0.599. The summed E-state index contributed by atoms with van der Waals surface area (Å²) in [6.45, 7) is 0. The van der Waals surface area contributed by atoms with E-state index in [0.29, 0.717) is 0 Å². The molecule has 1 aliphatic rings. The van der Waals surface area contributed by atoms with Crippen LogP contribution < -0.4 is 5.32 Å². The lowest BCUT2D eigenvalue weighted by Crippen LogP contribution is -2.86. The maximum Gasteiger partial charge on any atom is 0.384 e. The van der Waals surface area contributed by atoms with Crippen LogP contribution in [0, 0.1) is 0 Å². The lowest BCUT2D eigenvalue weighted by molar-refractivity contribution is -0.475. The standard InChI is InChI=1S/C13H4Cl2F11NO/c14-4-2-1-3-5(15)6(4)27-7(28)8(16)9(17,18)11(21,22)13(25,26)12(23,24)10(8,19)20/h1-3H,(H,27,28). The zero-order chi connectivity index (χ0) is 22.1. The molecule has 28 heavy (non-hydrogen) atoms. The molecule has 2 nitrogen and oxygen atoms in total. The molecule has 1 saturated carbocycles. The Morgan fingerprint density at radius 2 is 1.00 bits per heavy atom. The minimum atomic E-state index is -7.41. The van der Waals surface area contributed by atoms with Crippen LogP contribution in [-0.2, 0) is 4.79 Å². The van der Waals surface area contributed by atoms with Gasteiger partial charge in [0.2, 0.25) is 0 Å². The van der Waals surface area contributed by atoms with Crippen LogP contribution in [0.2, 0.25) is 10.0 Å². The van der Waals surface area contributed by atoms with E-state index in [0.717, 1.165) is 23.5 Å². The lowest BCUT2D eigenvalue weighted by Gasteiger charge is -2.51. The number of anilines is 1. The van der Waals surface area contributed by atoms with Gasteiger partial charge in [0, 0.05) is 0 Å². The zero-order valence-electron chi connectivity index (χ0n) is 12.6. The average molecular weight is 470 g/mol. The summed E-state index contributed by atoms with van der Waals surface area (Å²) in [5.74, 6) is -40.3. The van der Waals surface area contributed by atoms with E-state index < -0.39 is 56.9 Å². The molecule has 2 rings (SSSR count). The third-order valence-corrected chi connectivity index (χ3v) is 4.59. The van der Waals surface area contributed by atoms with Gasteiger partial charge in [-0.25, -0.2) is 4.39 Å². The summed E-state index contributed by atoms with van der Waals surface area (Å²) >= 11 is 10.9. The Kier molecular flexibility index (Phi) is 4.88. The average Bonchev–Trinajstić information content (AvgIpc) is 2.55. The molecule has 0 spiro atoms. The van der Waals surface area contributed by atoms with Crippen molar-refractivity contribution in [2.24, 2.45) is 0 Å². The third-order valence-electron chi connectivity index (χ3n) is 3.96. The predicted molar refractivity (Wildman–Crippen MR) is 73.7 cm³/mol. The van der Waals surface area contributed by atoms with E-state index >= 15 is 0 Å². The molecule has 0 heterocycles. The molecule has 1 aliphatic carbocycles. The second-order valence-electron chi connectivity index (χ2n) is 5.58. The minimum Gasteiger partial charge on any atom is -0.320 e. The fourth-order valence-corrected chi connectivity index (χ4v) is 2.82. The lowest BCUT2D eigenvalue weighted by atomic mass is 9.71. The van der Waals surface area contributed by atoms with Gasteiger partial charge in [-0.05, 0) is 12.1 Å². The van der Waals surface area contributed by atoms with Gasteiger partial charge in [0.05, 0.1) is 15.7 Å². The summed E-state index contributed by atoms with van der Waals surface area (Å²) in [6, 6.07) is 2.73. The fourth-order valence-electron chi connectivity index (χ4n) is 2.32. The number of nitrogens with one attached hydrogen (secondary N) is 1. The van der Waals surface area contributed by atoms with Gasteiger partial charge in [-0.1, -0.05) is 29.3 Å². The number of hydrogen-bond donors (Lipinski definition) is 1. The topological polar surface area (TPSA) is 29.1 Å². The Bertz CT molecular complexity index is 776. The number of carbonyl (C=O) groups excluding carboxylic acids is 1. The van der Waals surface area contributed by atoms with Gasteiger partial charge < -0.3 is 5.32 Å². The van der Waals surface area contributed by atoms with Gasteiger partial charge in [-0.3, -0.25) is 4.79 Å². The molecule has 1 amide bonds. The van der Waals surface area contributed by atoms with Crippen molar-refractivity contribution in [3.05, 3.63) is 28.2 Å². The number of hydrogen-bond acceptors (Lipinski definition) is 1. The van der Waals surface area contributed by atoms with E-state index in [4.69, 9.17) is 23.2 Å². The Hall–Kier alpha value is -1.50. The van der Waals surface area contributed by atoms with E-state index in [1.54, 1.807) is 0 Å². The van der Waals surface area contributed by atoms with Crippen molar-refractivity contribution in [3.63, 3.8) is 0 Å². The smallest absolute Gasteiger partial charge is 0.320 e. The Balaban J connectivity index is 2.73. The summed E-state index contributed by atoms with van der Waals surface area (Å²) in [5.41, 5.74) is -7.92. The van der Waals surface area contributed by atoms with Crippen molar-refractivity contribution in [2.75, 3.05) is 5.32 Å². The highest BCUT2D eigenvalue weighted by Gasteiger charge is 3.02. The van der Waals surface area contributed by atoms with Gasteiger partial charge in [0.25, 0.3) is 5.91 Å². The van der Waals surface area contributed by atoms with Crippen LogP contribution in [0.5, 0.6) is 0 Å². The van der Waals surface area contributed by atoms with Gasteiger partial charge in [-0.2, -0.15) is 43.9 Å². The van der Waals surface area contributed by atoms with Crippen LogP contribution in [0.4, 0.5) is 54.0 Å². The summed E-state index contributed by atoms with van der Waals surface area (Å²) in [4.78, 5) is 11.7. The van der Waals surface area contributed by atoms with Gasteiger partial charge in [-0.15, -0.1) is 0 Å². The van der Waals surface area contributed by atoms with Crippen LogP contribution in [0.25, 0.3) is 0 Å². The monoisotopic (exact) mass is 469 g/mol. The number of para-hydroxylation sites is 1. The molecule has 0 atom stereocenters. The second kappa shape index (κ2) is 6.00. The molecule has 0 radical (unpaired) electrons. The van der Waals surface area contributed by atoms with Crippen LogP contribution >= 0.6 is 23.2 Å². The predicted octanol–water partition coefficient (Wildman–Crippen LogP) is 5.83. The molecule has 1 N–H and O–H groups in total. The van der Waals surface area contributed by atoms with Crippen molar-refractivity contribution in [2.45, 2.75) is 35.3 Å². The normalized spacial score (nSPS) is 25.8. The van der Waals surface area contributed by atoms with Crippen LogP contribution in [0.3, 0.4) is 0 Å². The first-order chi connectivity index (χ1) is 12.3. The van der Waals surface area contributed by atoms with Crippen molar-refractivity contribution in [1.82, 2.24) is 0 Å². The number of rotatable bonds is 2. The molecule has 0 bridgehead atoms. The van der Waals surface area contributed by atoms with Crippen LogP contribution in [0.15, 0.2) is 18.2 Å². The molecule has 0 aliphatic heterocycles. The van der Waals surface area contributed by atoms with E-state index in [9.17, 15) is 53.1 Å². The van der Waals surface area contributed by atoms with Crippen molar-refractivity contribution < 1.29 is 53.1 Å². The Labute approximate surface area is 157 Å². The molecule has 1 fully saturated rings. The van der Waals surface area contributed by atoms with Crippen molar-refractivity contribution in [3.8, 4) is 0 Å². The number of amides is 1. The molecule has 158 valence electrons. The van der Waals surface area contributed by atoms with Crippen LogP contribution in [-0.4, -0.2) is 41.2 Å². The highest BCUT2D eigenvalue weighted by Crippen LogP contribution is 2.69.